The van der Waals surface area contributed by atoms with Crippen molar-refractivity contribution in [1.29, 1.82) is 0 Å². The molecule has 3 rings (SSSR count). The highest BCUT2D eigenvalue weighted by molar-refractivity contribution is 5.84. The Hall–Kier alpha value is -3.01. The van der Waals surface area contributed by atoms with E-state index in [4.69, 9.17) is 0 Å². The molecule has 3 aromatic rings. The number of aryl methyl sites for hydroxylation is 1. The minimum atomic E-state index is -0.399. The number of rotatable bonds is 6. The van der Waals surface area contributed by atoms with Crippen LogP contribution in [-0.4, -0.2) is 10.9 Å². The molecule has 1 atom stereocenters. The molecule has 132 valence electrons. The van der Waals surface area contributed by atoms with Gasteiger partial charge in [-0.25, -0.2) is 4.39 Å². The van der Waals surface area contributed by atoms with Gasteiger partial charge >= 0.3 is 0 Å². The molecule has 0 spiro atoms. The first-order chi connectivity index (χ1) is 12.6. The van der Waals surface area contributed by atoms with Crippen LogP contribution in [0.4, 0.5) is 4.39 Å². The fourth-order valence-electron chi connectivity index (χ4n) is 2.95. The van der Waals surface area contributed by atoms with E-state index in [1.165, 1.54) is 12.1 Å². The number of carbonyl (C=O) groups excluding carboxylic acids is 1. The van der Waals surface area contributed by atoms with Crippen molar-refractivity contribution >= 4 is 5.91 Å². The highest BCUT2D eigenvalue weighted by atomic mass is 19.1. The molecule has 2 aromatic carbocycles. The highest BCUT2D eigenvalue weighted by Gasteiger charge is 2.21. The molecule has 1 unspecified atom stereocenters. The van der Waals surface area contributed by atoms with E-state index >= 15 is 0 Å². The quantitative estimate of drug-likeness (QED) is 0.726. The average molecular weight is 348 g/mol. The number of nitrogens with zero attached hydrogens (tertiary/aromatic N) is 1. The molecule has 0 aliphatic rings. The van der Waals surface area contributed by atoms with Crippen molar-refractivity contribution in [3.05, 3.63) is 101 Å². The lowest BCUT2D eigenvalue weighted by Crippen LogP contribution is -2.30. The summed E-state index contributed by atoms with van der Waals surface area (Å²) in [7, 11) is 0. The number of hydrogen-bond acceptors (Lipinski definition) is 2. The summed E-state index contributed by atoms with van der Waals surface area (Å²) >= 11 is 0. The number of pyridine rings is 1. The minimum absolute atomic E-state index is 0.0815. The second-order valence-electron chi connectivity index (χ2n) is 6.38. The van der Waals surface area contributed by atoms with Crippen molar-refractivity contribution in [3.63, 3.8) is 0 Å². The zero-order valence-corrected chi connectivity index (χ0v) is 14.7. The van der Waals surface area contributed by atoms with Gasteiger partial charge in [0.15, 0.2) is 0 Å². The van der Waals surface area contributed by atoms with Crippen LogP contribution in [0.25, 0.3) is 0 Å². The van der Waals surface area contributed by atoms with E-state index in [0.717, 1.165) is 22.3 Å². The molecule has 1 N–H and O–H groups in total. The monoisotopic (exact) mass is 348 g/mol. The molecule has 0 radical (unpaired) electrons. The van der Waals surface area contributed by atoms with E-state index in [1.54, 1.807) is 24.5 Å². The molecule has 1 amide bonds. The first-order valence-corrected chi connectivity index (χ1v) is 8.59. The van der Waals surface area contributed by atoms with Crippen molar-refractivity contribution in [3.8, 4) is 0 Å². The molecule has 3 nitrogen and oxygen atoms in total. The summed E-state index contributed by atoms with van der Waals surface area (Å²) in [5.41, 5.74) is 3.96. The van der Waals surface area contributed by atoms with Gasteiger partial charge in [-0.05, 0) is 48.2 Å². The highest BCUT2D eigenvalue weighted by Crippen LogP contribution is 2.22. The molecule has 26 heavy (non-hydrogen) atoms. The SMILES string of the molecule is Cc1cccc(CNC(=O)C(Cc2cccnc2)c2ccc(F)cc2)c1. The number of benzene rings is 2. The Morgan fingerprint density at radius 1 is 1.08 bits per heavy atom. The molecule has 1 heterocycles. The van der Waals surface area contributed by atoms with E-state index in [0.29, 0.717) is 13.0 Å². The largest absolute Gasteiger partial charge is 0.351 e. The van der Waals surface area contributed by atoms with Crippen molar-refractivity contribution in [1.82, 2.24) is 10.3 Å². The average Bonchev–Trinajstić information content (AvgIpc) is 2.66. The Morgan fingerprint density at radius 2 is 1.85 bits per heavy atom. The van der Waals surface area contributed by atoms with Crippen LogP contribution in [0.3, 0.4) is 0 Å². The molecule has 0 saturated carbocycles. The lowest BCUT2D eigenvalue weighted by Gasteiger charge is -2.18. The summed E-state index contributed by atoms with van der Waals surface area (Å²) in [5.74, 6) is -0.791. The van der Waals surface area contributed by atoms with Crippen LogP contribution in [0.5, 0.6) is 0 Å². The number of carbonyl (C=O) groups is 1. The van der Waals surface area contributed by atoms with Crippen LogP contribution < -0.4 is 5.32 Å². The molecule has 0 bridgehead atoms. The van der Waals surface area contributed by atoms with Gasteiger partial charge in [-0.3, -0.25) is 9.78 Å². The molecule has 0 aliphatic heterocycles. The summed E-state index contributed by atoms with van der Waals surface area (Å²) < 4.78 is 13.3. The Morgan fingerprint density at radius 3 is 2.54 bits per heavy atom. The van der Waals surface area contributed by atoms with E-state index in [2.05, 4.69) is 10.3 Å². The standard InChI is InChI=1S/C22H21FN2O/c1-16-4-2-5-17(12-16)15-25-22(26)21(13-18-6-3-11-24-14-18)19-7-9-20(23)10-8-19/h2-12,14,21H,13,15H2,1H3,(H,25,26). The first-order valence-electron chi connectivity index (χ1n) is 8.59. The topological polar surface area (TPSA) is 42.0 Å². The summed E-state index contributed by atoms with van der Waals surface area (Å²) in [5, 5.41) is 3.01. The zero-order chi connectivity index (χ0) is 18.4. The third kappa shape index (κ3) is 4.76. The van der Waals surface area contributed by atoms with Crippen molar-refractivity contribution in [2.45, 2.75) is 25.8 Å². The van der Waals surface area contributed by atoms with Gasteiger partial charge in [-0.15, -0.1) is 0 Å². The maximum atomic E-state index is 13.3. The second kappa shape index (κ2) is 8.39. The van der Waals surface area contributed by atoms with Gasteiger partial charge < -0.3 is 5.32 Å². The van der Waals surface area contributed by atoms with Crippen LogP contribution in [0.15, 0.2) is 73.1 Å². The van der Waals surface area contributed by atoms with Gasteiger partial charge in [0.2, 0.25) is 5.91 Å². The second-order valence-corrected chi connectivity index (χ2v) is 6.38. The molecule has 0 fully saturated rings. The molecule has 0 saturated heterocycles. The summed E-state index contributed by atoms with van der Waals surface area (Å²) in [6.07, 6.45) is 3.97. The maximum absolute atomic E-state index is 13.3. The van der Waals surface area contributed by atoms with E-state index in [9.17, 15) is 9.18 Å². The number of nitrogens with one attached hydrogen (secondary N) is 1. The van der Waals surface area contributed by atoms with Crippen LogP contribution >= 0.6 is 0 Å². The van der Waals surface area contributed by atoms with Gasteiger partial charge in [-0.2, -0.15) is 0 Å². The molecule has 4 heteroatoms. The van der Waals surface area contributed by atoms with Gasteiger partial charge in [0.05, 0.1) is 5.92 Å². The molecular formula is C22H21FN2O. The Balaban J connectivity index is 1.77. The zero-order valence-electron chi connectivity index (χ0n) is 14.7. The minimum Gasteiger partial charge on any atom is -0.351 e. The van der Waals surface area contributed by atoms with Gasteiger partial charge in [0.25, 0.3) is 0 Å². The Labute approximate surface area is 152 Å². The predicted octanol–water partition coefficient (Wildman–Crippen LogP) is 4.17. The summed E-state index contributed by atoms with van der Waals surface area (Å²) in [6, 6.07) is 17.9. The molecular weight excluding hydrogens is 327 g/mol. The van der Waals surface area contributed by atoms with Crippen LogP contribution in [0, 0.1) is 12.7 Å². The summed E-state index contributed by atoms with van der Waals surface area (Å²) in [6.45, 7) is 2.49. The predicted molar refractivity (Wildman–Crippen MR) is 100 cm³/mol. The fraction of sp³-hybridized carbons (Fsp3) is 0.182. The number of aromatic nitrogens is 1. The molecule has 1 aromatic heterocycles. The number of halogens is 1. The van der Waals surface area contributed by atoms with Gasteiger partial charge in [0, 0.05) is 18.9 Å². The fourth-order valence-corrected chi connectivity index (χ4v) is 2.95. The van der Waals surface area contributed by atoms with Gasteiger partial charge in [-0.1, -0.05) is 48.0 Å². The first kappa shape index (κ1) is 17.8. The van der Waals surface area contributed by atoms with Crippen molar-refractivity contribution in [2.24, 2.45) is 0 Å². The van der Waals surface area contributed by atoms with E-state index in [1.807, 2.05) is 43.3 Å². The Bertz CT molecular complexity index is 863. The molecule has 0 aliphatic carbocycles. The Kier molecular flexibility index (Phi) is 5.74. The van der Waals surface area contributed by atoms with E-state index in [-0.39, 0.29) is 11.7 Å². The van der Waals surface area contributed by atoms with E-state index < -0.39 is 5.92 Å². The number of amides is 1. The van der Waals surface area contributed by atoms with Crippen molar-refractivity contribution < 1.29 is 9.18 Å². The summed E-state index contributed by atoms with van der Waals surface area (Å²) in [4.78, 5) is 17.0. The lowest BCUT2D eigenvalue weighted by atomic mass is 9.91. The lowest BCUT2D eigenvalue weighted by molar-refractivity contribution is -0.122. The van der Waals surface area contributed by atoms with Crippen LogP contribution in [-0.2, 0) is 17.8 Å². The maximum Gasteiger partial charge on any atom is 0.228 e. The third-order valence-corrected chi connectivity index (χ3v) is 4.30. The van der Waals surface area contributed by atoms with Crippen LogP contribution in [0.1, 0.15) is 28.2 Å². The van der Waals surface area contributed by atoms with Gasteiger partial charge in [0.1, 0.15) is 5.82 Å². The van der Waals surface area contributed by atoms with Crippen LogP contribution in [0.2, 0.25) is 0 Å². The smallest absolute Gasteiger partial charge is 0.228 e. The normalized spacial score (nSPS) is 11.8. The number of hydrogen-bond donors (Lipinski definition) is 1. The van der Waals surface area contributed by atoms with Crippen molar-refractivity contribution in [2.75, 3.05) is 0 Å². The third-order valence-electron chi connectivity index (χ3n) is 4.30.